The number of carbonyl (C=O) groups excluding carboxylic acids is 1. The van der Waals surface area contributed by atoms with E-state index in [1.165, 1.54) is 28.6 Å². The summed E-state index contributed by atoms with van der Waals surface area (Å²) in [6.07, 6.45) is 2.70. The van der Waals surface area contributed by atoms with Gasteiger partial charge in [-0.15, -0.1) is 0 Å². The van der Waals surface area contributed by atoms with Gasteiger partial charge in [0.15, 0.2) is 0 Å². The van der Waals surface area contributed by atoms with Crippen LogP contribution in [0, 0.1) is 11.8 Å². The number of carbonyl (C=O) groups is 2. The summed E-state index contributed by atoms with van der Waals surface area (Å²) in [5.74, 6) is -2.50. The van der Waals surface area contributed by atoms with E-state index in [4.69, 9.17) is 4.74 Å². The first-order valence-electron chi connectivity index (χ1n) is 9.11. The zero-order valence-corrected chi connectivity index (χ0v) is 15.8. The highest BCUT2D eigenvalue weighted by Crippen LogP contribution is 2.31. The molecule has 3 rings (SSSR count). The fraction of sp³-hybridized carbons (Fsp3) is 0.556. The third kappa shape index (κ3) is 4.48. The number of rotatable bonds is 5. The fourth-order valence-corrected chi connectivity index (χ4v) is 5.03. The zero-order valence-electron chi connectivity index (χ0n) is 15.0. The quantitative estimate of drug-likeness (QED) is 0.781. The minimum Gasteiger partial charge on any atom is -0.481 e. The molecule has 1 aromatic rings. The molecule has 0 aromatic heterocycles. The number of benzene rings is 1. The van der Waals surface area contributed by atoms with E-state index in [2.05, 4.69) is 5.32 Å². The summed E-state index contributed by atoms with van der Waals surface area (Å²) in [5.41, 5.74) is 0.454. The van der Waals surface area contributed by atoms with Crippen molar-refractivity contribution in [1.29, 1.82) is 0 Å². The van der Waals surface area contributed by atoms with Gasteiger partial charge in [-0.3, -0.25) is 9.59 Å². The Morgan fingerprint density at radius 1 is 1.04 bits per heavy atom. The van der Waals surface area contributed by atoms with Gasteiger partial charge >= 0.3 is 5.97 Å². The number of ether oxygens (including phenoxy) is 1. The fourth-order valence-electron chi connectivity index (χ4n) is 3.62. The summed E-state index contributed by atoms with van der Waals surface area (Å²) in [5, 5.41) is 12.0. The lowest BCUT2D eigenvalue weighted by Crippen LogP contribution is -2.40. The summed E-state index contributed by atoms with van der Waals surface area (Å²) in [6, 6.07) is 5.97. The van der Waals surface area contributed by atoms with E-state index in [0.717, 1.165) is 12.8 Å². The molecule has 2 N–H and O–H groups in total. The molecule has 1 saturated heterocycles. The molecule has 9 heteroatoms. The lowest BCUT2D eigenvalue weighted by molar-refractivity contribution is -0.147. The molecule has 1 unspecified atom stereocenters. The van der Waals surface area contributed by atoms with Crippen molar-refractivity contribution in [2.24, 2.45) is 11.8 Å². The minimum atomic E-state index is -3.58. The Morgan fingerprint density at radius 2 is 1.63 bits per heavy atom. The number of nitrogens with zero attached hydrogens (tertiary/aromatic N) is 1. The Labute approximate surface area is 158 Å². The number of sulfonamides is 1. The van der Waals surface area contributed by atoms with Crippen LogP contribution < -0.4 is 5.32 Å². The van der Waals surface area contributed by atoms with Crippen LogP contribution in [-0.4, -0.2) is 56.0 Å². The Morgan fingerprint density at radius 3 is 2.22 bits per heavy atom. The number of aliphatic carboxylic acids is 1. The molecule has 1 heterocycles. The highest BCUT2D eigenvalue weighted by Gasteiger charge is 2.35. The lowest BCUT2D eigenvalue weighted by atomic mass is 9.78. The van der Waals surface area contributed by atoms with Gasteiger partial charge in [0.2, 0.25) is 15.9 Å². The van der Waals surface area contributed by atoms with E-state index in [9.17, 15) is 23.1 Å². The number of morpholine rings is 1. The van der Waals surface area contributed by atoms with Crippen LogP contribution in [0.4, 0.5) is 5.69 Å². The van der Waals surface area contributed by atoms with Crippen molar-refractivity contribution in [3.63, 3.8) is 0 Å². The SMILES string of the molecule is O=C(Nc1ccc(S(=O)(=O)N2CCOCC2)cc1)C1CCCC[C@@H]1C(=O)O. The highest BCUT2D eigenvalue weighted by molar-refractivity contribution is 7.89. The smallest absolute Gasteiger partial charge is 0.307 e. The van der Waals surface area contributed by atoms with Crippen LogP contribution in [0.2, 0.25) is 0 Å². The Kier molecular flexibility index (Phi) is 6.13. The van der Waals surface area contributed by atoms with Crippen molar-refractivity contribution in [2.75, 3.05) is 31.6 Å². The molecular formula is C18H24N2O6S. The molecule has 8 nitrogen and oxygen atoms in total. The van der Waals surface area contributed by atoms with E-state index in [0.29, 0.717) is 44.8 Å². The number of nitrogens with one attached hydrogen (secondary N) is 1. The summed E-state index contributed by atoms with van der Waals surface area (Å²) in [6.45, 7) is 1.39. The van der Waals surface area contributed by atoms with Gasteiger partial charge in [-0.25, -0.2) is 8.42 Å². The zero-order chi connectivity index (χ0) is 19.4. The summed E-state index contributed by atoms with van der Waals surface area (Å²) >= 11 is 0. The van der Waals surface area contributed by atoms with Gasteiger partial charge in [0.1, 0.15) is 0 Å². The molecule has 148 valence electrons. The Balaban J connectivity index is 1.68. The number of carboxylic acid groups (broad SMARTS) is 1. The molecule has 27 heavy (non-hydrogen) atoms. The van der Waals surface area contributed by atoms with Gasteiger partial charge in [-0.1, -0.05) is 12.8 Å². The summed E-state index contributed by atoms with van der Waals surface area (Å²) in [7, 11) is -3.58. The van der Waals surface area contributed by atoms with Crippen LogP contribution in [0.25, 0.3) is 0 Å². The molecule has 0 bridgehead atoms. The summed E-state index contributed by atoms with van der Waals surface area (Å²) in [4.78, 5) is 24.0. The maximum absolute atomic E-state index is 12.6. The normalized spacial score (nSPS) is 24.3. The predicted octanol–water partition coefficient (Wildman–Crippen LogP) is 1.54. The van der Waals surface area contributed by atoms with E-state index < -0.39 is 27.8 Å². The van der Waals surface area contributed by atoms with Crippen LogP contribution in [0.15, 0.2) is 29.2 Å². The second-order valence-corrected chi connectivity index (χ2v) is 8.80. The number of hydrogen-bond acceptors (Lipinski definition) is 5. The molecule has 1 aliphatic heterocycles. The molecule has 1 aliphatic carbocycles. The van der Waals surface area contributed by atoms with Crippen molar-refractivity contribution >= 4 is 27.6 Å². The molecule has 2 atom stereocenters. The van der Waals surface area contributed by atoms with Gasteiger partial charge in [-0.2, -0.15) is 4.31 Å². The second kappa shape index (κ2) is 8.37. The molecule has 1 saturated carbocycles. The Bertz CT molecular complexity index is 787. The number of amides is 1. The van der Waals surface area contributed by atoms with Gasteiger partial charge in [-0.05, 0) is 37.1 Å². The third-order valence-corrected chi connectivity index (χ3v) is 7.06. The molecule has 1 amide bonds. The first kappa shape index (κ1) is 19.8. The van der Waals surface area contributed by atoms with Crippen LogP contribution in [0.3, 0.4) is 0 Å². The Hall–Kier alpha value is -1.97. The summed E-state index contributed by atoms with van der Waals surface area (Å²) < 4.78 is 31.8. The average Bonchev–Trinajstić information content (AvgIpc) is 2.69. The molecule has 2 aliphatic rings. The average molecular weight is 396 g/mol. The lowest BCUT2D eigenvalue weighted by Gasteiger charge is -2.27. The van der Waals surface area contributed by atoms with Crippen molar-refractivity contribution < 1.29 is 27.9 Å². The highest BCUT2D eigenvalue weighted by atomic mass is 32.2. The first-order chi connectivity index (χ1) is 12.9. The number of anilines is 1. The number of carboxylic acids is 1. The van der Waals surface area contributed by atoms with Gasteiger partial charge in [0, 0.05) is 18.8 Å². The largest absolute Gasteiger partial charge is 0.481 e. The van der Waals surface area contributed by atoms with Crippen LogP contribution in [0.5, 0.6) is 0 Å². The van der Waals surface area contributed by atoms with Gasteiger partial charge < -0.3 is 15.2 Å². The topological polar surface area (TPSA) is 113 Å². The van der Waals surface area contributed by atoms with E-state index in [1.807, 2.05) is 0 Å². The maximum Gasteiger partial charge on any atom is 0.307 e. The van der Waals surface area contributed by atoms with Crippen molar-refractivity contribution in [1.82, 2.24) is 4.31 Å². The second-order valence-electron chi connectivity index (χ2n) is 6.87. The molecule has 2 fully saturated rings. The molecule has 0 spiro atoms. The monoisotopic (exact) mass is 396 g/mol. The first-order valence-corrected chi connectivity index (χ1v) is 10.6. The third-order valence-electron chi connectivity index (χ3n) is 5.15. The van der Waals surface area contributed by atoms with Gasteiger partial charge in [0.25, 0.3) is 0 Å². The van der Waals surface area contributed by atoms with Crippen molar-refractivity contribution in [2.45, 2.75) is 30.6 Å². The van der Waals surface area contributed by atoms with Crippen LogP contribution in [-0.2, 0) is 24.3 Å². The van der Waals surface area contributed by atoms with E-state index in [-0.39, 0.29) is 10.8 Å². The van der Waals surface area contributed by atoms with Crippen LogP contribution >= 0.6 is 0 Å². The van der Waals surface area contributed by atoms with E-state index in [1.54, 1.807) is 0 Å². The van der Waals surface area contributed by atoms with E-state index >= 15 is 0 Å². The maximum atomic E-state index is 12.6. The van der Waals surface area contributed by atoms with Gasteiger partial charge in [0.05, 0.1) is 29.9 Å². The van der Waals surface area contributed by atoms with Crippen LogP contribution in [0.1, 0.15) is 25.7 Å². The number of hydrogen-bond donors (Lipinski definition) is 2. The predicted molar refractivity (Wildman–Crippen MR) is 97.7 cm³/mol. The molecule has 1 aromatic carbocycles. The van der Waals surface area contributed by atoms with Crippen molar-refractivity contribution in [3.05, 3.63) is 24.3 Å². The molecule has 0 radical (unpaired) electrons. The standard InChI is InChI=1S/C18H24N2O6S/c21-17(15-3-1-2-4-16(15)18(22)23)19-13-5-7-14(8-6-13)27(24,25)20-9-11-26-12-10-20/h5-8,15-16H,1-4,9-12H2,(H,19,21)(H,22,23)/t15?,16-/m0/s1. The van der Waals surface area contributed by atoms with Crippen molar-refractivity contribution in [3.8, 4) is 0 Å². The minimum absolute atomic E-state index is 0.156. The molecular weight excluding hydrogens is 372 g/mol.